The number of ether oxygens (including phenoxy) is 2. The Morgan fingerprint density at radius 3 is 1.57 bits per heavy atom. The molecule has 0 saturated heterocycles. The topological polar surface area (TPSA) is 70.5 Å². The van der Waals surface area contributed by atoms with E-state index in [1.165, 1.54) is 83.5 Å². The van der Waals surface area contributed by atoms with Gasteiger partial charge in [0, 0.05) is 26.2 Å². The number of hydrogen-bond donors (Lipinski definition) is 2. The Morgan fingerprint density at radius 2 is 1.04 bits per heavy atom. The molecule has 0 saturated carbocycles. The van der Waals surface area contributed by atoms with Crippen molar-refractivity contribution in [1.29, 1.82) is 0 Å². The fraction of sp³-hybridized carbons (Fsp3) is 1.00. The van der Waals surface area contributed by atoms with Crippen LogP contribution in [-0.4, -0.2) is 32.1 Å². The van der Waals surface area contributed by atoms with E-state index in [9.17, 15) is 0 Å². The van der Waals surface area contributed by atoms with E-state index in [1.54, 1.807) is 0 Å². The first-order valence-corrected chi connectivity index (χ1v) is 12.4. The van der Waals surface area contributed by atoms with Crippen LogP contribution in [0.25, 0.3) is 0 Å². The minimum Gasteiger partial charge on any atom is -0.381 e. The first-order chi connectivity index (χ1) is 13.7. The van der Waals surface area contributed by atoms with Gasteiger partial charge in [-0.2, -0.15) is 0 Å². The molecular weight excluding hydrogens is 348 g/mol. The second-order valence-electron chi connectivity index (χ2n) is 8.41. The number of nitrogens with two attached hydrogens (primary N) is 2. The lowest BCUT2D eigenvalue weighted by Crippen LogP contribution is -2.45. The Labute approximate surface area is 176 Å². The van der Waals surface area contributed by atoms with Crippen LogP contribution in [0, 0.1) is 0 Å². The van der Waals surface area contributed by atoms with Crippen LogP contribution in [0.4, 0.5) is 0 Å². The van der Waals surface area contributed by atoms with E-state index >= 15 is 0 Å². The fourth-order valence-corrected chi connectivity index (χ4v) is 3.59. The third kappa shape index (κ3) is 19.2. The Morgan fingerprint density at radius 1 is 0.571 bits per heavy atom. The zero-order chi connectivity index (χ0) is 20.8. The molecule has 28 heavy (non-hydrogen) atoms. The van der Waals surface area contributed by atoms with E-state index in [4.69, 9.17) is 20.9 Å². The molecule has 0 fully saturated rings. The summed E-state index contributed by atoms with van der Waals surface area (Å²) in [5, 5.41) is 0. The lowest BCUT2D eigenvalue weighted by atomic mass is 10.0. The van der Waals surface area contributed by atoms with Gasteiger partial charge in [0.05, 0.1) is 0 Å². The van der Waals surface area contributed by atoms with Crippen LogP contribution in [-0.2, 0) is 9.47 Å². The van der Waals surface area contributed by atoms with E-state index in [-0.39, 0.29) is 0 Å². The van der Waals surface area contributed by atoms with Gasteiger partial charge in [-0.1, -0.05) is 90.9 Å². The molecular formula is C24H52N2O2. The molecule has 4 heteroatoms. The molecule has 0 bridgehead atoms. The van der Waals surface area contributed by atoms with Gasteiger partial charge in [-0.3, -0.25) is 0 Å². The molecule has 0 aromatic carbocycles. The monoisotopic (exact) mass is 400 g/mol. The third-order valence-corrected chi connectivity index (χ3v) is 5.49. The quantitative estimate of drug-likeness (QED) is 0.156. The van der Waals surface area contributed by atoms with Crippen LogP contribution >= 0.6 is 0 Å². The summed E-state index contributed by atoms with van der Waals surface area (Å²) in [6, 6.07) is 0. The summed E-state index contributed by atoms with van der Waals surface area (Å²) in [7, 11) is 0. The first-order valence-electron chi connectivity index (χ1n) is 12.4. The van der Waals surface area contributed by atoms with Crippen molar-refractivity contribution < 1.29 is 9.47 Å². The summed E-state index contributed by atoms with van der Waals surface area (Å²) >= 11 is 0. The molecule has 1 atom stereocenters. The fourth-order valence-electron chi connectivity index (χ4n) is 3.59. The van der Waals surface area contributed by atoms with Crippen LogP contribution in [0.15, 0.2) is 0 Å². The van der Waals surface area contributed by atoms with Crippen molar-refractivity contribution in [1.82, 2.24) is 0 Å². The first kappa shape index (κ1) is 27.8. The molecule has 0 aliphatic heterocycles. The van der Waals surface area contributed by atoms with Crippen LogP contribution in [0.1, 0.15) is 123 Å². The number of rotatable bonds is 23. The van der Waals surface area contributed by atoms with E-state index in [0.29, 0.717) is 6.54 Å². The second kappa shape index (κ2) is 21.5. The van der Waals surface area contributed by atoms with Gasteiger partial charge in [0.15, 0.2) is 0 Å². The van der Waals surface area contributed by atoms with Crippen LogP contribution < -0.4 is 11.5 Å². The SMILES string of the molecule is CCCCCCCCCCOCCCC(N)(CCN)OCCCCCCCC. The third-order valence-electron chi connectivity index (χ3n) is 5.49. The minimum atomic E-state index is -0.569. The van der Waals surface area contributed by atoms with Gasteiger partial charge in [-0.25, -0.2) is 0 Å². The molecule has 170 valence electrons. The van der Waals surface area contributed by atoms with Gasteiger partial charge in [0.25, 0.3) is 0 Å². The van der Waals surface area contributed by atoms with Crippen molar-refractivity contribution in [3.63, 3.8) is 0 Å². The van der Waals surface area contributed by atoms with E-state index in [1.807, 2.05) is 0 Å². The molecule has 0 spiro atoms. The van der Waals surface area contributed by atoms with Gasteiger partial charge < -0.3 is 20.9 Å². The van der Waals surface area contributed by atoms with Crippen molar-refractivity contribution in [2.45, 2.75) is 129 Å². The van der Waals surface area contributed by atoms with Crippen LogP contribution in [0.5, 0.6) is 0 Å². The Balaban J connectivity index is 3.58. The molecule has 0 aromatic rings. The van der Waals surface area contributed by atoms with Crippen molar-refractivity contribution >= 4 is 0 Å². The Kier molecular flexibility index (Phi) is 21.4. The summed E-state index contributed by atoms with van der Waals surface area (Å²) in [6.07, 6.45) is 20.8. The van der Waals surface area contributed by atoms with E-state index < -0.39 is 5.72 Å². The molecule has 0 aliphatic carbocycles. The lowest BCUT2D eigenvalue weighted by Gasteiger charge is -2.29. The number of unbranched alkanes of at least 4 members (excludes halogenated alkanes) is 12. The molecule has 1 unspecified atom stereocenters. The van der Waals surface area contributed by atoms with Gasteiger partial charge in [0.2, 0.25) is 0 Å². The highest BCUT2D eigenvalue weighted by Crippen LogP contribution is 2.17. The van der Waals surface area contributed by atoms with Gasteiger partial charge in [-0.15, -0.1) is 0 Å². The zero-order valence-corrected chi connectivity index (χ0v) is 19.3. The molecule has 0 heterocycles. The van der Waals surface area contributed by atoms with Gasteiger partial charge in [-0.05, 0) is 32.2 Å². The van der Waals surface area contributed by atoms with Crippen molar-refractivity contribution in [3.05, 3.63) is 0 Å². The van der Waals surface area contributed by atoms with Crippen molar-refractivity contribution in [2.24, 2.45) is 11.5 Å². The van der Waals surface area contributed by atoms with E-state index in [2.05, 4.69) is 13.8 Å². The summed E-state index contributed by atoms with van der Waals surface area (Å²) in [5.74, 6) is 0. The average Bonchev–Trinajstić information content (AvgIpc) is 2.68. The molecule has 0 aromatic heterocycles. The van der Waals surface area contributed by atoms with Crippen molar-refractivity contribution in [2.75, 3.05) is 26.4 Å². The highest BCUT2D eigenvalue weighted by molar-refractivity contribution is 4.74. The largest absolute Gasteiger partial charge is 0.381 e. The smallest absolute Gasteiger partial charge is 0.118 e. The zero-order valence-electron chi connectivity index (χ0n) is 19.3. The summed E-state index contributed by atoms with van der Waals surface area (Å²) in [4.78, 5) is 0. The lowest BCUT2D eigenvalue weighted by molar-refractivity contribution is -0.0579. The summed E-state index contributed by atoms with van der Waals surface area (Å²) in [5.41, 5.74) is 11.6. The normalized spacial score (nSPS) is 13.7. The maximum Gasteiger partial charge on any atom is 0.118 e. The second-order valence-corrected chi connectivity index (χ2v) is 8.41. The average molecular weight is 401 g/mol. The molecule has 0 amide bonds. The van der Waals surface area contributed by atoms with Crippen molar-refractivity contribution in [3.8, 4) is 0 Å². The summed E-state index contributed by atoms with van der Waals surface area (Å²) in [6.45, 7) is 7.50. The molecule has 4 N–H and O–H groups in total. The van der Waals surface area contributed by atoms with E-state index in [0.717, 1.165) is 45.5 Å². The molecule has 0 aliphatic rings. The number of hydrogen-bond acceptors (Lipinski definition) is 4. The van der Waals surface area contributed by atoms with Gasteiger partial charge in [0.1, 0.15) is 5.72 Å². The molecule has 0 radical (unpaired) electrons. The Hall–Kier alpha value is -0.160. The predicted octanol–water partition coefficient (Wildman–Crippen LogP) is 6.30. The van der Waals surface area contributed by atoms with Crippen LogP contribution in [0.2, 0.25) is 0 Å². The highest BCUT2D eigenvalue weighted by Gasteiger charge is 2.24. The highest BCUT2D eigenvalue weighted by atomic mass is 16.5. The molecule has 0 rings (SSSR count). The maximum atomic E-state index is 6.44. The van der Waals surface area contributed by atoms with Crippen LogP contribution in [0.3, 0.4) is 0 Å². The Bertz CT molecular complexity index is 302. The maximum absolute atomic E-state index is 6.44. The predicted molar refractivity (Wildman–Crippen MR) is 123 cm³/mol. The van der Waals surface area contributed by atoms with Gasteiger partial charge >= 0.3 is 0 Å². The standard InChI is InChI=1S/C24H52N2O2/c1-3-5-7-9-11-12-13-15-21-27-22-17-18-24(26,19-20-25)28-23-16-14-10-8-6-4-2/h3-23,25-26H2,1-2H3. The minimum absolute atomic E-state index is 0.569. The summed E-state index contributed by atoms with van der Waals surface area (Å²) < 4.78 is 11.8. The molecule has 4 nitrogen and oxygen atoms in total.